The van der Waals surface area contributed by atoms with Crippen LogP contribution in [0.25, 0.3) is 0 Å². The molecule has 0 heterocycles. The molecule has 1 rings (SSSR count). The van der Waals surface area contributed by atoms with Crippen molar-refractivity contribution in [3.8, 4) is 0 Å². The Labute approximate surface area is 109 Å². The summed E-state index contributed by atoms with van der Waals surface area (Å²) in [6.07, 6.45) is 0.136. The zero-order chi connectivity index (χ0) is 13.9. The fraction of sp³-hybridized carbons (Fsp3) is 0.538. The molecule has 102 valence electrons. The van der Waals surface area contributed by atoms with Crippen molar-refractivity contribution in [3.63, 3.8) is 0 Å². The van der Waals surface area contributed by atoms with Crippen molar-refractivity contribution < 1.29 is 13.5 Å². The van der Waals surface area contributed by atoms with E-state index in [1.165, 1.54) is 6.92 Å². The number of hydrogen-bond donors (Lipinski definition) is 2. The van der Waals surface area contributed by atoms with Gasteiger partial charge in [-0.1, -0.05) is 29.8 Å². The van der Waals surface area contributed by atoms with Crippen LogP contribution < -0.4 is 5.73 Å². The molecule has 5 heteroatoms. The Hall–Kier alpha value is -0.910. The van der Waals surface area contributed by atoms with Gasteiger partial charge in [0.25, 0.3) is 0 Å². The van der Waals surface area contributed by atoms with E-state index in [0.29, 0.717) is 0 Å². The van der Waals surface area contributed by atoms with Crippen molar-refractivity contribution in [2.24, 2.45) is 5.73 Å². The third kappa shape index (κ3) is 3.54. The maximum absolute atomic E-state index is 11.5. The van der Waals surface area contributed by atoms with E-state index in [0.717, 1.165) is 17.4 Å². The molecule has 0 saturated heterocycles. The average molecular weight is 271 g/mol. The van der Waals surface area contributed by atoms with Gasteiger partial charge in [-0.15, -0.1) is 0 Å². The first-order valence-corrected chi connectivity index (χ1v) is 7.86. The first-order valence-electron chi connectivity index (χ1n) is 5.91. The summed E-state index contributed by atoms with van der Waals surface area (Å²) >= 11 is 0. The van der Waals surface area contributed by atoms with E-state index >= 15 is 0 Å². The number of benzene rings is 1. The third-order valence-electron chi connectivity index (χ3n) is 3.29. The molecule has 0 spiro atoms. The molecule has 0 amide bonds. The van der Waals surface area contributed by atoms with E-state index in [4.69, 9.17) is 5.73 Å². The SMILES string of the molecule is Cc1cccc(C(CN)C(O)C(C)S(C)(=O)=O)c1. The number of hydrogen-bond acceptors (Lipinski definition) is 4. The van der Waals surface area contributed by atoms with Crippen LogP contribution in [0.15, 0.2) is 24.3 Å². The summed E-state index contributed by atoms with van der Waals surface area (Å²) in [5.74, 6) is -0.366. The number of nitrogens with two attached hydrogens (primary N) is 1. The van der Waals surface area contributed by atoms with Gasteiger partial charge in [0.05, 0.1) is 11.4 Å². The summed E-state index contributed by atoms with van der Waals surface area (Å²) < 4.78 is 23.0. The van der Waals surface area contributed by atoms with Crippen LogP contribution in [0, 0.1) is 6.92 Å². The second-order valence-electron chi connectivity index (χ2n) is 4.78. The van der Waals surface area contributed by atoms with Gasteiger partial charge < -0.3 is 10.8 Å². The summed E-state index contributed by atoms with van der Waals surface area (Å²) in [5, 5.41) is 9.37. The second-order valence-corrected chi connectivity index (χ2v) is 7.18. The summed E-state index contributed by atoms with van der Waals surface area (Å²) in [7, 11) is -3.28. The van der Waals surface area contributed by atoms with E-state index < -0.39 is 21.2 Å². The molecule has 1 aromatic rings. The Bertz CT molecular complexity index is 499. The van der Waals surface area contributed by atoms with Gasteiger partial charge in [-0.05, 0) is 19.4 Å². The van der Waals surface area contributed by atoms with Gasteiger partial charge in [-0.2, -0.15) is 0 Å². The highest BCUT2D eigenvalue weighted by atomic mass is 32.2. The highest BCUT2D eigenvalue weighted by molar-refractivity contribution is 7.91. The Morgan fingerprint density at radius 3 is 2.44 bits per heavy atom. The minimum absolute atomic E-state index is 0.213. The van der Waals surface area contributed by atoms with Crippen LogP contribution in [0.2, 0.25) is 0 Å². The quantitative estimate of drug-likeness (QED) is 0.831. The number of rotatable bonds is 5. The van der Waals surface area contributed by atoms with Crippen LogP contribution in [0.5, 0.6) is 0 Å². The molecular weight excluding hydrogens is 250 g/mol. The molecule has 0 saturated carbocycles. The van der Waals surface area contributed by atoms with E-state index in [-0.39, 0.29) is 12.5 Å². The minimum atomic E-state index is -3.28. The second kappa shape index (κ2) is 5.82. The molecule has 3 N–H and O–H groups in total. The number of aliphatic hydroxyl groups is 1. The average Bonchev–Trinajstić information content (AvgIpc) is 2.27. The van der Waals surface area contributed by atoms with E-state index in [9.17, 15) is 13.5 Å². The van der Waals surface area contributed by atoms with E-state index in [2.05, 4.69) is 0 Å². The van der Waals surface area contributed by atoms with Crippen LogP contribution in [0.4, 0.5) is 0 Å². The zero-order valence-corrected chi connectivity index (χ0v) is 11.8. The van der Waals surface area contributed by atoms with Crippen molar-refractivity contribution in [3.05, 3.63) is 35.4 Å². The maximum Gasteiger partial charge on any atom is 0.152 e. The van der Waals surface area contributed by atoms with Gasteiger partial charge in [-0.25, -0.2) is 8.42 Å². The smallest absolute Gasteiger partial charge is 0.152 e. The molecule has 0 aromatic heterocycles. The van der Waals surface area contributed by atoms with Crippen molar-refractivity contribution in [2.75, 3.05) is 12.8 Å². The maximum atomic E-state index is 11.5. The first kappa shape index (κ1) is 15.1. The molecule has 3 unspecified atom stereocenters. The van der Waals surface area contributed by atoms with Crippen LogP contribution >= 0.6 is 0 Å². The van der Waals surface area contributed by atoms with Gasteiger partial charge in [0.2, 0.25) is 0 Å². The fourth-order valence-corrected chi connectivity index (χ4v) is 2.65. The number of sulfone groups is 1. The third-order valence-corrected chi connectivity index (χ3v) is 4.92. The first-order chi connectivity index (χ1) is 8.27. The molecular formula is C13H21NO3S. The summed E-state index contributed by atoms with van der Waals surface area (Å²) in [5.41, 5.74) is 7.62. The molecule has 0 fully saturated rings. The van der Waals surface area contributed by atoms with Gasteiger partial charge in [0.15, 0.2) is 9.84 Å². The van der Waals surface area contributed by atoms with Crippen LogP contribution in [-0.2, 0) is 9.84 Å². The lowest BCUT2D eigenvalue weighted by atomic mass is 9.91. The molecule has 0 radical (unpaired) electrons. The lowest BCUT2D eigenvalue weighted by molar-refractivity contribution is 0.144. The Kier molecular flexibility index (Phi) is 4.90. The summed E-state index contributed by atoms with van der Waals surface area (Å²) in [6, 6.07) is 7.62. The molecule has 3 atom stereocenters. The molecule has 4 nitrogen and oxygen atoms in total. The molecule has 1 aromatic carbocycles. The number of aryl methyl sites for hydroxylation is 1. The van der Waals surface area contributed by atoms with Crippen LogP contribution in [-0.4, -0.2) is 37.7 Å². The molecule has 18 heavy (non-hydrogen) atoms. The summed E-state index contributed by atoms with van der Waals surface area (Å²) in [6.45, 7) is 3.67. The van der Waals surface area contributed by atoms with Crippen molar-refractivity contribution >= 4 is 9.84 Å². The van der Waals surface area contributed by atoms with Crippen molar-refractivity contribution in [2.45, 2.75) is 31.1 Å². The standard InChI is InChI=1S/C13H21NO3S/c1-9-5-4-6-11(7-9)12(8-14)13(15)10(2)18(3,16)17/h4-7,10,12-13,15H,8,14H2,1-3H3. The fourth-order valence-electron chi connectivity index (χ4n) is 1.95. The summed E-state index contributed by atoms with van der Waals surface area (Å²) in [4.78, 5) is 0. The molecule has 0 bridgehead atoms. The predicted octanol–water partition coefficient (Wildman–Crippen LogP) is 0.831. The Morgan fingerprint density at radius 1 is 1.39 bits per heavy atom. The van der Waals surface area contributed by atoms with Crippen molar-refractivity contribution in [1.29, 1.82) is 0 Å². The topological polar surface area (TPSA) is 80.4 Å². The Balaban J connectivity index is 3.04. The monoisotopic (exact) mass is 271 g/mol. The minimum Gasteiger partial charge on any atom is -0.391 e. The van der Waals surface area contributed by atoms with Gasteiger partial charge in [-0.3, -0.25) is 0 Å². The van der Waals surface area contributed by atoms with Crippen LogP contribution in [0.1, 0.15) is 24.0 Å². The normalized spacial score (nSPS) is 17.2. The van der Waals surface area contributed by atoms with Gasteiger partial charge in [0, 0.05) is 18.7 Å². The number of aliphatic hydroxyl groups excluding tert-OH is 1. The van der Waals surface area contributed by atoms with E-state index in [1.54, 1.807) is 0 Å². The highest BCUT2D eigenvalue weighted by Gasteiger charge is 2.31. The van der Waals surface area contributed by atoms with Crippen LogP contribution in [0.3, 0.4) is 0 Å². The van der Waals surface area contributed by atoms with Gasteiger partial charge >= 0.3 is 0 Å². The lowest BCUT2D eigenvalue weighted by Crippen LogP contribution is -2.38. The largest absolute Gasteiger partial charge is 0.391 e. The van der Waals surface area contributed by atoms with Gasteiger partial charge in [0.1, 0.15) is 0 Å². The molecule has 0 aliphatic heterocycles. The van der Waals surface area contributed by atoms with Crippen molar-refractivity contribution in [1.82, 2.24) is 0 Å². The zero-order valence-electron chi connectivity index (χ0n) is 11.0. The molecule has 0 aliphatic carbocycles. The molecule has 0 aliphatic rings. The van der Waals surface area contributed by atoms with E-state index in [1.807, 2.05) is 31.2 Å². The predicted molar refractivity (Wildman–Crippen MR) is 73.3 cm³/mol. The lowest BCUT2D eigenvalue weighted by Gasteiger charge is -2.26. The Morgan fingerprint density at radius 2 is 2.00 bits per heavy atom. The highest BCUT2D eigenvalue weighted by Crippen LogP contribution is 2.24.